The van der Waals surface area contributed by atoms with Crippen molar-refractivity contribution in [2.24, 2.45) is 7.05 Å². The third-order valence-corrected chi connectivity index (χ3v) is 2.91. The van der Waals surface area contributed by atoms with E-state index < -0.39 is 5.76 Å². The number of carbonyl (C=O) groups is 1. The number of nitrogens with zero attached hydrogens (tertiary/aromatic N) is 1. The molecule has 0 spiro atoms. The average molecular weight is 264 g/mol. The molecule has 102 valence electrons. The number of benzene rings is 1. The highest BCUT2D eigenvalue weighted by Crippen LogP contribution is 2.14. The summed E-state index contributed by atoms with van der Waals surface area (Å²) in [5.74, 6) is -0.511. The third kappa shape index (κ3) is 3.03. The molecule has 0 aliphatic rings. The number of nitrogens with one attached hydrogen (secondary N) is 1. The zero-order valence-electron chi connectivity index (χ0n) is 10.7. The molecule has 0 bridgehead atoms. The molecule has 1 amide bonds. The van der Waals surface area contributed by atoms with Crippen LogP contribution in [-0.2, 0) is 18.4 Å². The summed E-state index contributed by atoms with van der Waals surface area (Å²) >= 11 is 0. The fourth-order valence-electron chi connectivity index (χ4n) is 1.82. The molecule has 1 heterocycles. The van der Waals surface area contributed by atoms with Crippen LogP contribution in [0.5, 0.6) is 0 Å². The second-order valence-electron chi connectivity index (χ2n) is 4.33. The van der Waals surface area contributed by atoms with E-state index in [4.69, 9.17) is 9.52 Å². The molecule has 6 nitrogen and oxygen atoms in total. The number of aryl methyl sites for hydroxylation is 1. The van der Waals surface area contributed by atoms with E-state index in [9.17, 15) is 9.59 Å². The first-order valence-electron chi connectivity index (χ1n) is 6.08. The highest BCUT2D eigenvalue weighted by atomic mass is 16.4. The SMILES string of the molecule is Cn1c(=O)oc2cc(CNC(=O)CCCO)ccc21. The summed E-state index contributed by atoms with van der Waals surface area (Å²) in [7, 11) is 1.64. The summed E-state index contributed by atoms with van der Waals surface area (Å²) in [6.07, 6.45) is 0.762. The number of carbonyl (C=O) groups excluding carboxylic acids is 1. The van der Waals surface area contributed by atoms with Crippen molar-refractivity contribution < 1.29 is 14.3 Å². The van der Waals surface area contributed by atoms with Crippen molar-refractivity contribution in [1.82, 2.24) is 9.88 Å². The number of hydrogen-bond donors (Lipinski definition) is 2. The van der Waals surface area contributed by atoms with Crippen LogP contribution in [0.15, 0.2) is 27.4 Å². The Hall–Kier alpha value is -2.08. The minimum atomic E-state index is -0.404. The maximum Gasteiger partial charge on any atom is 0.419 e. The van der Waals surface area contributed by atoms with Crippen LogP contribution in [-0.4, -0.2) is 22.2 Å². The van der Waals surface area contributed by atoms with Gasteiger partial charge in [-0.15, -0.1) is 0 Å². The van der Waals surface area contributed by atoms with Gasteiger partial charge < -0.3 is 14.8 Å². The van der Waals surface area contributed by atoms with Crippen LogP contribution in [0.2, 0.25) is 0 Å². The second-order valence-corrected chi connectivity index (χ2v) is 4.33. The van der Waals surface area contributed by atoms with E-state index in [1.807, 2.05) is 6.07 Å². The van der Waals surface area contributed by atoms with Gasteiger partial charge in [-0.05, 0) is 24.1 Å². The Morgan fingerprint density at radius 2 is 2.26 bits per heavy atom. The number of oxazole rings is 1. The molecule has 0 unspecified atom stereocenters. The Bertz CT molecular complexity index is 642. The summed E-state index contributed by atoms with van der Waals surface area (Å²) in [6, 6.07) is 5.36. The molecule has 0 aliphatic heterocycles. The number of aliphatic hydroxyl groups excluding tert-OH is 1. The van der Waals surface area contributed by atoms with Gasteiger partial charge in [0.05, 0.1) is 5.52 Å². The molecule has 2 rings (SSSR count). The smallest absolute Gasteiger partial charge is 0.408 e. The first kappa shape index (κ1) is 13.4. The Kier molecular flexibility index (Phi) is 4.01. The van der Waals surface area contributed by atoms with Gasteiger partial charge in [-0.2, -0.15) is 0 Å². The zero-order chi connectivity index (χ0) is 13.8. The van der Waals surface area contributed by atoms with Crippen molar-refractivity contribution in [2.75, 3.05) is 6.61 Å². The molecule has 0 aliphatic carbocycles. The standard InChI is InChI=1S/C13H16N2O4/c1-15-10-5-4-9(7-11(10)19-13(15)18)8-14-12(17)3-2-6-16/h4-5,7,16H,2-3,6,8H2,1H3,(H,14,17). The Morgan fingerprint density at radius 3 is 3.00 bits per heavy atom. The van der Waals surface area contributed by atoms with E-state index in [2.05, 4.69) is 5.32 Å². The van der Waals surface area contributed by atoms with Crippen molar-refractivity contribution in [1.29, 1.82) is 0 Å². The summed E-state index contributed by atoms with van der Waals surface area (Å²) in [4.78, 5) is 22.7. The molecular formula is C13H16N2O4. The van der Waals surface area contributed by atoms with Crippen LogP contribution >= 0.6 is 0 Å². The first-order chi connectivity index (χ1) is 9.11. The number of aromatic nitrogens is 1. The molecule has 0 atom stereocenters. The van der Waals surface area contributed by atoms with Crippen molar-refractivity contribution in [3.63, 3.8) is 0 Å². The lowest BCUT2D eigenvalue weighted by atomic mass is 10.2. The fourth-order valence-corrected chi connectivity index (χ4v) is 1.82. The van der Waals surface area contributed by atoms with Crippen molar-refractivity contribution in [2.45, 2.75) is 19.4 Å². The summed E-state index contributed by atoms with van der Waals surface area (Å²) < 4.78 is 6.50. The molecule has 1 aromatic heterocycles. The molecule has 19 heavy (non-hydrogen) atoms. The molecule has 2 N–H and O–H groups in total. The predicted molar refractivity (Wildman–Crippen MR) is 69.6 cm³/mol. The monoisotopic (exact) mass is 264 g/mol. The topological polar surface area (TPSA) is 84.5 Å². The average Bonchev–Trinajstić information content (AvgIpc) is 2.69. The Balaban J connectivity index is 2.06. The second kappa shape index (κ2) is 5.71. The minimum Gasteiger partial charge on any atom is -0.408 e. The van der Waals surface area contributed by atoms with Gasteiger partial charge in [-0.3, -0.25) is 9.36 Å². The van der Waals surface area contributed by atoms with E-state index in [1.54, 1.807) is 19.2 Å². The Morgan fingerprint density at radius 1 is 1.47 bits per heavy atom. The summed E-state index contributed by atoms with van der Waals surface area (Å²) in [5, 5.41) is 11.4. The van der Waals surface area contributed by atoms with Crippen LogP contribution in [0.3, 0.4) is 0 Å². The maximum atomic E-state index is 11.4. The third-order valence-electron chi connectivity index (χ3n) is 2.91. The highest BCUT2D eigenvalue weighted by molar-refractivity contribution is 5.76. The number of hydrogen-bond acceptors (Lipinski definition) is 4. The van der Waals surface area contributed by atoms with E-state index in [0.717, 1.165) is 11.1 Å². The van der Waals surface area contributed by atoms with Gasteiger partial charge in [0.2, 0.25) is 5.91 Å². The largest absolute Gasteiger partial charge is 0.419 e. The van der Waals surface area contributed by atoms with Crippen LogP contribution in [0.1, 0.15) is 18.4 Å². The number of aliphatic hydroxyl groups is 1. The molecule has 6 heteroatoms. The molecule has 0 saturated heterocycles. The quantitative estimate of drug-likeness (QED) is 0.824. The van der Waals surface area contributed by atoms with Crippen LogP contribution in [0.25, 0.3) is 11.1 Å². The number of amides is 1. The van der Waals surface area contributed by atoms with E-state index >= 15 is 0 Å². The van der Waals surface area contributed by atoms with E-state index in [1.165, 1.54) is 4.57 Å². The number of fused-ring (bicyclic) bond motifs is 1. The van der Waals surface area contributed by atoms with Crippen molar-refractivity contribution >= 4 is 17.0 Å². The van der Waals surface area contributed by atoms with Gasteiger partial charge >= 0.3 is 5.76 Å². The van der Waals surface area contributed by atoms with E-state index in [0.29, 0.717) is 25.0 Å². The van der Waals surface area contributed by atoms with Crippen LogP contribution in [0.4, 0.5) is 0 Å². The lowest BCUT2D eigenvalue weighted by Gasteiger charge is -2.04. The molecule has 1 aromatic carbocycles. The van der Waals surface area contributed by atoms with Crippen molar-refractivity contribution in [3.8, 4) is 0 Å². The van der Waals surface area contributed by atoms with E-state index in [-0.39, 0.29) is 12.5 Å². The van der Waals surface area contributed by atoms with Gasteiger partial charge in [0.1, 0.15) is 0 Å². The number of rotatable bonds is 5. The summed E-state index contributed by atoms with van der Waals surface area (Å²) in [6.45, 7) is 0.382. The Labute approximate surface area is 109 Å². The van der Waals surface area contributed by atoms with Gasteiger partial charge in [0, 0.05) is 26.6 Å². The van der Waals surface area contributed by atoms with Crippen molar-refractivity contribution in [3.05, 3.63) is 34.3 Å². The fraction of sp³-hybridized carbons (Fsp3) is 0.385. The maximum absolute atomic E-state index is 11.4. The van der Waals surface area contributed by atoms with Gasteiger partial charge in [0.15, 0.2) is 5.58 Å². The summed E-state index contributed by atoms with van der Waals surface area (Å²) in [5.41, 5.74) is 2.09. The normalized spacial score (nSPS) is 10.8. The molecule has 2 aromatic rings. The highest BCUT2D eigenvalue weighted by Gasteiger charge is 2.07. The first-order valence-corrected chi connectivity index (χ1v) is 6.08. The zero-order valence-corrected chi connectivity index (χ0v) is 10.7. The van der Waals surface area contributed by atoms with Gasteiger partial charge in [-0.1, -0.05) is 6.07 Å². The van der Waals surface area contributed by atoms with Crippen LogP contribution in [0, 0.1) is 0 Å². The predicted octanol–water partition coefficient (Wildman–Crippen LogP) is 0.520. The lowest BCUT2D eigenvalue weighted by Crippen LogP contribution is -2.22. The van der Waals surface area contributed by atoms with Gasteiger partial charge in [0.25, 0.3) is 0 Å². The molecule has 0 radical (unpaired) electrons. The minimum absolute atomic E-state index is 0.00848. The molecular weight excluding hydrogens is 248 g/mol. The lowest BCUT2D eigenvalue weighted by molar-refractivity contribution is -0.121. The molecule has 0 fully saturated rings. The van der Waals surface area contributed by atoms with Crippen LogP contribution < -0.4 is 11.1 Å². The molecule has 0 saturated carbocycles. The van der Waals surface area contributed by atoms with Gasteiger partial charge in [-0.25, -0.2) is 4.79 Å².